The highest BCUT2D eigenvalue weighted by Crippen LogP contribution is 2.44. The maximum absolute atomic E-state index is 6.34. The number of aryl methyl sites for hydroxylation is 1. The topological polar surface area (TPSA) is 69.1 Å². The minimum absolute atomic E-state index is 0.295. The SMILES string of the molecule is CCc1nnc2sc(C(C)(N)C3CC3)nn12. The van der Waals surface area contributed by atoms with Gasteiger partial charge in [0.05, 0.1) is 5.54 Å². The zero-order chi connectivity index (χ0) is 11.3. The van der Waals surface area contributed by atoms with E-state index in [9.17, 15) is 0 Å². The van der Waals surface area contributed by atoms with Crippen LogP contribution in [0.3, 0.4) is 0 Å². The molecule has 16 heavy (non-hydrogen) atoms. The van der Waals surface area contributed by atoms with Crippen LogP contribution in [-0.2, 0) is 12.0 Å². The molecule has 2 N–H and O–H groups in total. The molecule has 0 spiro atoms. The van der Waals surface area contributed by atoms with Crippen molar-refractivity contribution in [2.45, 2.75) is 38.6 Å². The van der Waals surface area contributed by atoms with Crippen molar-refractivity contribution in [3.8, 4) is 0 Å². The number of nitrogens with two attached hydrogens (primary N) is 1. The van der Waals surface area contributed by atoms with Gasteiger partial charge < -0.3 is 5.73 Å². The van der Waals surface area contributed by atoms with Crippen LogP contribution in [0.1, 0.15) is 37.5 Å². The van der Waals surface area contributed by atoms with Crippen LogP contribution in [0.4, 0.5) is 0 Å². The highest BCUT2D eigenvalue weighted by atomic mass is 32.1. The van der Waals surface area contributed by atoms with Crippen molar-refractivity contribution < 1.29 is 0 Å². The Balaban J connectivity index is 2.07. The average molecular weight is 237 g/mol. The van der Waals surface area contributed by atoms with Gasteiger partial charge in [-0.1, -0.05) is 18.3 Å². The number of hydrogen-bond acceptors (Lipinski definition) is 5. The minimum Gasteiger partial charge on any atom is -0.319 e. The molecule has 3 rings (SSSR count). The monoisotopic (exact) mass is 237 g/mol. The summed E-state index contributed by atoms with van der Waals surface area (Å²) in [5.74, 6) is 1.49. The van der Waals surface area contributed by atoms with E-state index in [-0.39, 0.29) is 5.54 Å². The molecule has 1 saturated carbocycles. The molecule has 0 aromatic carbocycles. The third-order valence-electron chi connectivity index (χ3n) is 3.26. The van der Waals surface area contributed by atoms with Gasteiger partial charge in [-0.15, -0.1) is 10.2 Å². The Morgan fingerprint density at radius 2 is 2.25 bits per heavy atom. The average Bonchev–Trinajstić information content (AvgIpc) is 2.90. The molecule has 1 atom stereocenters. The van der Waals surface area contributed by atoms with Gasteiger partial charge in [0.2, 0.25) is 4.96 Å². The first kappa shape index (κ1) is 10.2. The molecular formula is C10H15N5S. The van der Waals surface area contributed by atoms with E-state index < -0.39 is 0 Å². The normalized spacial score (nSPS) is 20.2. The molecule has 1 fully saturated rings. The Kier molecular flexibility index (Phi) is 2.06. The fourth-order valence-electron chi connectivity index (χ4n) is 1.95. The number of nitrogens with zero attached hydrogens (tertiary/aromatic N) is 4. The molecule has 0 aliphatic heterocycles. The molecule has 2 aromatic heterocycles. The van der Waals surface area contributed by atoms with Crippen LogP contribution < -0.4 is 5.73 Å². The largest absolute Gasteiger partial charge is 0.319 e. The Bertz CT molecular complexity index is 522. The summed E-state index contributed by atoms with van der Waals surface area (Å²) >= 11 is 1.56. The molecule has 1 unspecified atom stereocenters. The van der Waals surface area contributed by atoms with Crippen molar-refractivity contribution in [3.05, 3.63) is 10.8 Å². The number of hydrogen-bond donors (Lipinski definition) is 1. The number of rotatable bonds is 3. The van der Waals surface area contributed by atoms with E-state index in [0.29, 0.717) is 5.92 Å². The van der Waals surface area contributed by atoms with Crippen LogP contribution in [0.25, 0.3) is 4.96 Å². The predicted molar refractivity (Wildman–Crippen MR) is 62.3 cm³/mol. The van der Waals surface area contributed by atoms with Crippen molar-refractivity contribution in [3.63, 3.8) is 0 Å². The Morgan fingerprint density at radius 3 is 2.88 bits per heavy atom. The van der Waals surface area contributed by atoms with E-state index in [1.807, 2.05) is 4.52 Å². The molecule has 0 saturated heterocycles. The molecular weight excluding hydrogens is 222 g/mol. The molecule has 1 aliphatic rings. The van der Waals surface area contributed by atoms with Crippen LogP contribution >= 0.6 is 11.3 Å². The van der Waals surface area contributed by atoms with Gasteiger partial charge in [0.15, 0.2) is 5.82 Å². The van der Waals surface area contributed by atoms with E-state index in [2.05, 4.69) is 29.1 Å². The molecule has 0 amide bonds. The lowest BCUT2D eigenvalue weighted by molar-refractivity contribution is 0.419. The van der Waals surface area contributed by atoms with Gasteiger partial charge >= 0.3 is 0 Å². The van der Waals surface area contributed by atoms with Crippen LogP contribution in [0.5, 0.6) is 0 Å². The van der Waals surface area contributed by atoms with E-state index in [1.54, 1.807) is 11.3 Å². The van der Waals surface area contributed by atoms with Crippen molar-refractivity contribution in [1.29, 1.82) is 0 Å². The Labute approximate surface area is 97.7 Å². The molecule has 1 aliphatic carbocycles. The van der Waals surface area contributed by atoms with Gasteiger partial charge in [-0.3, -0.25) is 0 Å². The first-order valence-corrected chi connectivity index (χ1v) is 6.45. The summed E-state index contributed by atoms with van der Waals surface area (Å²) in [4.78, 5) is 0.851. The fourth-order valence-corrected chi connectivity index (χ4v) is 2.95. The van der Waals surface area contributed by atoms with Crippen molar-refractivity contribution in [2.24, 2.45) is 11.7 Å². The Hall–Kier alpha value is -1.01. The van der Waals surface area contributed by atoms with E-state index >= 15 is 0 Å². The van der Waals surface area contributed by atoms with Crippen LogP contribution in [0, 0.1) is 5.92 Å². The summed E-state index contributed by atoms with van der Waals surface area (Å²) in [6, 6.07) is 0. The van der Waals surface area contributed by atoms with Gasteiger partial charge in [-0.25, -0.2) is 0 Å². The third-order valence-corrected chi connectivity index (χ3v) is 4.41. The molecule has 2 heterocycles. The molecule has 6 heteroatoms. The molecule has 0 radical (unpaired) electrons. The molecule has 86 valence electrons. The van der Waals surface area contributed by atoms with Crippen molar-refractivity contribution in [2.75, 3.05) is 0 Å². The third kappa shape index (κ3) is 1.36. The highest BCUT2D eigenvalue weighted by Gasteiger charge is 2.42. The van der Waals surface area contributed by atoms with E-state index in [0.717, 1.165) is 22.2 Å². The summed E-state index contributed by atoms with van der Waals surface area (Å²) in [5, 5.41) is 13.7. The van der Waals surface area contributed by atoms with Gasteiger partial charge in [-0.05, 0) is 25.7 Å². The summed E-state index contributed by atoms with van der Waals surface area (Å²) in [6.07, 6.45) is 3.27. The van der Waals surface area contributed by atoms with Crippen LogP contribution in [0.2, 0.25) is 0 Å². The Morgan fingerprint density at radius 1 is 1.50 bits per heavy atom. The predicted octanol–water partition coefficient (Wildman–Crippen LogP) is 1.33. The van der Waals surface area contributed by atoms with Crippen molar-refractivity contribution in [1.82, 2.24) is 19.8 Å². The summed E-state index contributed by atoms with van der Waals surface area (Å²) in [5.41, 5.74) is 6.05. The highest BCUT2D eigenvalue weighted by molar-refractivity contribution is 7.16. The number of aromatic nitrogens is 4. The fraction of sp³-hybridized carbons (Fsp3) is 0.700. The van der Waals surface area contributed by atoms with Gasteiger partial charge in [0, 0.05) is 6.42 Å². The second-order valence-corrected chi connectivity index (χ2v) is 5.58. The first-order valence-electron chi connectivity index (χ1n) is 5.63. The van der Waals surface area contributed by atoms with Crippen LogP contribution in [0.15, 0.2) is 0 Å². The standard InChI is InChI=1S/C10H15N5S/c1-3-7-12-13-9-15(7)14-8(16-9)10(2,11)6-4-5-6/h6H,3-5,11H2,1-2H3. The zero-order valence-electron chi connectivity index (χ0n) is 9.47. The summed E-state index contributed by atoms with van der Waals surface area (Å²) in [7, 11) is 0. The summed E-state index contributed by atoms with van der Waals surface area (Å²) < 4.78 is 1.83. The number of fused-ring (bicyclic) bond motifs is 1. The van der Waals surface area contributed by atoms with Gasteiger partial charge in [0.1, 0.15) is 5.01 Å². The van der Waals surface area contributed by atoms with Crippen LogP contribution in [-0.4, -0.2) is 19.8 Å². The second-order valence-electron chi connectivity index (χ2n) is 4.63. The minimum atomic E-state index is -0.295. The molecule has 0 bridgehead atoms. The molecule has 5 nitrogen and oxygen atoms in total. The molecule has 2 aromatic rings. The van der Waals surface area contributed by atoms with Crippen molar-refractivity contribution >= 4 is 16.3 Å². The zero-order valence-corrected chi connectivity index (χ0v) is 10.3. The first-order chi connectivity index (χ1) is 7.63. The maximum Gasteiger partial charge on any atom is 0.234 e. The quantitative estimate of drug-likeness (QED) is 0.874. The van der Waals surface area contributed by atoms with E-state index in [1.165, 1.54) is 12.8 Å². The lowest BCUT2D eigenvalue weighted by atomic mass is 9.99. The summed E-state index contributed by atoms with van der Waals surface area (Å²) in [6.45, 7) is 4.12. The van der Waals surface area contributed by atoms with Gasteiger partial charge in [0.25, 0.3) is 0 Å². The van der Waals surface area contributed by atoms with E-state index in [4.69, 9.17) is 5.73 Å². The second kappa shape index (κ2) is 3.24. The smallest absolute Gasteiger partial charge is 0.234 e. The lowest BCUT2D eigenvalue weighted by Crippen LogP contribution is -2.35. The van der Waals surface area contributed by atoms with Gasteiger partial charge in [-0.2, -0.15) is 9.61 Å². The maximum atomic E-state index is 6.34. The lowest BCUT2D eigenvalue weighted by Gasteiger charge is -2.20.